The van der Waals surface area contributed by atoms with Gasteiger partial charge < -0.3 is 9.88 Å². The largest absolute Gasteiger partial charge is 0.347 e. The third kappa shape index (κ3) is 4.38. The number of thioether (sulfide) groups is 1. The van der Waals surface area contributed by atoms with Crippen molar-refractivity contribution in [2.24, 2.45) is 0 Å². The first-order valence-corrected chi connectivity index (χ1v) is 10.9. The molecule has 2 heterocycles. The maximum absolute atomic E-state index is 13.8. The molecule has 3 aromatic rings. The number of rotatable bonds is 6. The molecule has 0 spiro atoms. The number of amides is 3. The standard InChI is InChI=1S/C23H18F3N3O3S/c1-2-9-28-11-13(14-5-3-4-6-17(14)28)10-18-22(31)29(23(32)33-18)12-19(30)27-16-8-7-15(24)20(25)21(16)26/h3-8,10-11H,2,9,12H2,1H3,(H,27,30)/b18-10-. The first-order valence-electron chi connectivity index (χ1n) is 10.1. The van der Waals surface area contributed by atoms with Gasteiger partial charge in [0.1, 0.15) is 6.54 Å². The predicted octanol–water partition coefficient (Wildman–Crippen LogP) is 5.14. The minimum absolute atomic E-state index is 0.145. The highest BCUT2D eigenvalue weighted by molar-refractivity contribution is 8.18. The van der Waals surface area contributed by atoms with Gasteiger partial charge in [0.25, 0.3) is 11.1 Å². The molecule has 1 aromatic heterocycles. The van der Waals surface area contributed by atoms with E-state index in [2.05, 4.69) is 16.8 Å². The van der Waals surface area contributed by atoms with E-state index in [1.807, 2.05) is 30.5 Å². The van der Waals surface area contributed by atoms with Crippen LogP contribution < -0.4 is 5.32 Å². The van der Waals surface area contributed by atoms with Crippen molar-refractivity contribution in [2.45, 2.75) is 19.9 Å². The number of imide groups is 1. The number of hydrogen-bond donors (Lipinski definition) is 1. The molecule has 2 aromatic carbocycles. The number of aryl methyl sites for hydroxylation is 1. The average molecular weight is 473 g/mol. The Balaban J connectivity index is 1.54. The van der Waals surface area contributed by atoms with Crippen molar-refractivity contribution in [1.82, 2.24) is 9.47 Å². The normalized spacial score (nSPS) is 15.2. The molecule has 1 aliphatic heterocycles. The number of hydrogen-bond acceptors (Lipinski definition) is 4. The van der Waals surface area contributed by atoms with Crippen LogP contribution in [0.5, 0.6) is 0 Å². The Hall–Kier alpha value is -3.53. The van der Waals surface area contributed by atoms with Crippen molar-refractivity contribution in [3.63, 3.8) is 0 Å². The van der Waals surface area contributed by atoms with Crippen LogP contribution in [0.2, 0.25) is 0 Å². The number of fused-ring (bicyclic) bond motifs is 1. The molecule has 0 atom stereocenters. The van der Waals surface area contributed by atoms with Crippen LogP contribution in [-0.2, 0) is 16.1 Å². The summed E-state index contributed by atoms with van der Waals surface area (Å²) in [6.07, 6.45) is 4.43. The van der Waals surface area contributed by atoms with Gasteiger partial charge in [-0.25, -0.2) is 13.2 Å². The van der Waals surface area contributed by atoms with Crippen molar-refractivity contribution < 1.29 is 27.6 Å². The van der Waals surface area contributed by atoms with Gasteiger partial charge in [-0.15, -0.1) is 0 Å². The van der Waals surface area contributed by atoms with Crippen molar-refractivity contribution in [3.05, 3.63) is 70.5 Å². The van der Waals surface area contributed by atoms with E-state index >= 15 is 0 Å². The maximum atomic E-state index is 13.8. The van der Waals surface area contributed by atoms with Crippen LogP contribution in [0, 0.1) is 17.5 Å². The van der Waals surface area contributed by atoms with Crippen molar-refractivity contribution in [1.29, 1.82) is 0 Å². The van der Waals surface area contributed by atoms with Crippen LogP contribution >= 0.6 is 11.8 Å². The lowest BCUT2D eigenvalue weighted by Gasteiger charge is -2.13. The Morgan fingerprint density at radius 2 is 1.85 bits per heavy atom. The van der Waals surface area contributed by atoms with Gasteiger partial charge in [0.15, 0.2) is 17.5 Å². The fraction of sp³-hybridized carbons (Fsp3) is 0.174. The molecule has 0 aliphatic carbocycles. The fourth-order valence-corrected chi connectivity index (χ4v) is 4.38. The Bertz CT molecular complexity index is 1320. The maximum Gasteiger partial charge on any atom is 0.294 e. The summed E-state index contributed by atoms with van der Waals surface area (Å²) in [4.78, 5) is 38.3. The summed E-state index contributed by atoms with van der Waals surface area (Å²) in [6, 6.07) is 9.19. The van der Waals surface area contributed by atoms with E-state index < -0.39 is 46.7 Å². The van der Waals surface area contributed by atoms with Gasteiger partial charge in [0, 0.05) is 29.2 Å². The summed E-state index contributed by atoms with van der Waals surface area (Å²) in [5, 5.41) is 2.31. The highest BCUT2D eigenvalue weighted by Gasteiger charge is 2.36. The molecule has 33 heavy (non-hydrogen) atoms. The molecule has 1 N–H and O–H groups in total. The number of benzene rings is 2. The SMILES string of the molecule is CCCn1cc(/C=C2\SC(=O)N(CC(=O)Nc3ccc(F)c(F)c3F)C2=O)c2ccccc21. The van der Waals surface area contributed by atoms with Crippen LogP contribution in [0.3, 0.4) is 0 Å². The predicted molar refractivity (Wildman–Crippen MR) is 120 cm³/mol. The average Bonchev–Trinajstić information content (AvgIpc) is 3.27. The van der Waals surface area contributed by atoms with Gasteiger partial charge >= 0.3 is 0 Å². The van der Waals surface area contributed by atoms with E-state index in [1.54, 1.807) is 6.08 Å². The number of aromatic nitrogens is 1. The Labute approximate surface area is 191 Å². The second kappa shape index (κ2) is 9.14. The lowest BCUT2D eigenvalue weighted by atomic mass is 10.1. The zero-order valence-electron chi connectivity index (χ0n) is 17.4. The molecule has 4 rings (SSSR count). The monoisotopic (exact) mass is 473 g/mol. The number of carbonyl (C=O) groups excluding carboxylic acids is 3. The zero-order chi connectivity index (χ0) is 23.7. The number of halogens is 3. The van der Waals surface area contributed by atoms with Gasteiger partial charge in [-0.3, -0.25) is 19.3 Å². The van der Waals surface area contributed by atoms with Gasteiger partial charge in [0.05, 0.1) is 10.6 Å². The molecule has 1 fully saturated rings. The zero-order valence-corrected chi connectivity index (χ0v) is 18.2. The minimum atomic E-state index is -1.73. The number of anilines is 1. The Morgan fingerprint density at radius 1 is 1.09 bits per heavy atom. The Morgan fingerprint density at radius 3 is 2.61 bits per heavy atom. The Kier molecular flexibility index (Phi) is 6.28. The van der Waals surface area contributed by atoms with E-state index in [0.29, 0.717) is 17.8 Å². The number of nitrogens with one attached hydrogen (secondary N) is 1. The summed E-state index contributed by atoms with van der Waals surface area (Å²) in [5.41, 5.74) is 1.17. The summed E-state index contributed by atoms with van der Waals surface area (Å²) in [5.74, 6) is -6.30. The second-order valence-corrected chi connectivity index (χ2v) is 8.33. The highest BCUT2D eigenvalue weighted by atomic mass is 32.2. The van der Waals surface area contributed by atoms with Crippen molar-refractivity contribution >= 4 is 51.5 Å². The molecule has 0 bridgehead atoms. The quantitative estimate of drug-likeness (QED) is 0.397. The summed E-state index contributed by atoms with van der Waals surface area (Å²) < 4.78 is 42.3. The molecular weight excluding hydrogens is 455 g/mol. The van der Waals surface area contributed by atoms with Crippen LogP contribution in [-0.4, -0.2) is 33.1 Å². The van der Waals surface area contributed by atoms with Gasteiger partial charge in [-0.05, 0) is 42.5 Å². The summed E-state index contributed by atoms with van der Waals surface area (Å²) in [6.45, 7) is 2.14. The molecule has 0 unspecified atom stereocenters. The van der Waals surface area contributed by atoms with Gasteiger partial charge in [-0.1, -0.05) is 25.1 Å². The molecular formula is C23H18F3N3O3S. The third-order valence-electron chi connectivity index (χ3n) is 5.06. The fourth-order valence-electron chi connectivity index (χ4n) is 3.55. The van der Waals surface area contributed by atoms with E-state index in [1.165, 1.54) is 0 Å². The van der Waals surface area contributed by atoms with Crippen LogP contribution in [0.15, 0.2) is 47.5 Å². The highest BCUT2D eigenvalue weighted by Crippen LogP contribution is 2.34. The lowest BCUT2D eigenvalue weighted by molar-refractivity contribution is -0.127. The smallest absolute Gasteiger partial charge is 0.294 e. The molecule has 0 saturated carbocycles. The lowest BCUT2D eigenvalue weighted by Crippen LogP contribution is -2.36. The van der Waals surface area contributed by atoms with E-state index in [9.17, 15) is 27.6 Å². The molecule has 170 valence electrons. The second-order valence-electron chi connectivity index (χ2n) is 7.33. The minimum Gasteiger partial charge on any atom is -0.347 e. The van der Waals surface area contributed by atoms with Gasteiger partial charge in [0.2, 0.25) is 5.91 Å². The third-order valence-corrected chi connectivity index (χ3v) is 5.96. The molecule has 6 nitrogen and oxygen atoms in total. The molecule has 1 saturated heterocycles. The van der Waals surface area contributed by atoms with Gasteiger partial charge in [-0.2, -0.15) is 0 Å². The number of nitrogens with zero attached hydrogens (tertiary/aromatic N) is 2. The first kappa shape index (κ1) is 22.7. The van der Waals surface area contributed by atoms with E-state index in [4.69, 9.17) is 0 Å². The number of carbonyl (C=O) groups is 3. The van der Waals surface area contributed by atoms with E-state index in [-0.39, 0.29) is 4.91 Å². The topological polar surface area (TPSA) is 71.4 Å². The van der Waals surface area contributed by atoms with Crippen molar-refractivity contribution in [2.75, 3.05) is 11.9 Å². The van der Waals surface area contributed by atoms with Crippen LogP contribution in [0.25, 0.3) is 17.0 Å². The molecule has 3 amide bonds. The van der Waals surface area contributed by atoms with Crippen molar-refractivity contribution in [3.8, 4) is 0 Å². The van der Waals surface area contributed by atoms with Crippen LogP contribution in [0.4, 0.5) is 23.7 Å². The number of para-hydroxylation sites is 1. The summed E-state index contributed by atoms with van der Waals surface area (Å²) >= 11 is 0.689. The summed E-state index contributed by atoms with van der Waals surface area (Å²) in [7, 11) is 0. The van der Waals surface area contributed by atoms with Crippen LogP contribution in [0.1, 0.15) is 18.9 Å². The van der Waals surface area contributed by atoms with E-state index in [0.717, 1.165) is 40.4 Å². The molecule has 0 radical (unpaired) electrons. The molecule has 1 aliphatic rings. The first-order chi connectivity index (χ1) is 15.8. The molecule has 10 heteroatoms.